The minimum absolute atomic E-state index is 0.117. The van der Waals surface area contributed by atoms with E-state index in [0.717, 1.165) is 30.9 Å². The van der Waals surface area contributed by atoms with Crippen LogP contribution in [0.25, 0.3) is 0 Å². The molecule has 0 amide bonds. The van der Waals surface area contributed by atoms with Crippen LogP contribution in [-0.4, -0.2) is 28.2 Å². The molecule has 1 aliphatic heterocycles. The molecule has 1 unspecified atom stereocenters. The number of alkyl halides is 3. The van der Waals surface area contributed by atoms with E-state index in [9.17, 15) is 13.2 Å². The Kier molecular flexibility index (Phi) is 6.33. The second-order valence-corrected chi connectivity index (χ2v) is 7.12. The lowest BCUT2D eigenvalue weighted by atomic mass is 10.1. The van der Waals surface area contributed by atoms with E-state index in [-0.39, 0.29) is 22.9 Å². The van der Waals surface area contributed by atoms with Crippen molar-refractivity contribution in [2.24, 2.45) is 0 Å². The summed E-state index contributed by atoms with van der Waals surface area (Å²) in [5, 5.41) is 5.92. The summed E-state index contributed by atoms with van der Waals surface area (Å²) < 4.78 is 39.9. The van der Waals surface area contributed by atoms with E-state index in [0.29, 0.717) is 13.1 Å². The fourth-order valence-electron chi connectivity index (χ4n) is 3.08. The van der Waals surface area contributed by atoms with Gasteiger partial charge in [-0.2, -0.15) is 18.2 Å². The predicted octanol–water partition coefficient (Wildman–Crippen LogP) is 4.53. The SMILES string of the molecule is CC(NC(=S)Nc1nc(N2CCCCC2)cc(C(F)(F)F)n1)c1ccccc1. The minimum Gasteiger partial charge on any atom is -0.356 e. The molecule has 2 heterocycles. The Morgan fingerprint density at radius 3 is 2.43 bits per heavy atom. The Hall–Kier alpha value is -2.42. The Balaban J connectivity index is 1.77. The fourth-order valence-corrected chi connectivity index (χ4v) is 3.35. The van der Waals surface area contributed by atoms with Crippen molar-refractivity contribution in [1.29, 1.82) is 0 Å². The number of nitrogens with one attached hydrogen (secondary N) is 2. The van der Waals surface area contributed by atoms with E-state index in [1.807, 2.05) is 42.2 Å². The standard InChI is InChI=1S/C19H22F3N5S/c1-13(14-8-4-2-5-9-14)23-18(28)26-17-24-15(19(20,21)22)12-16(25-17)27-10-6-3-7-11-27/h2,4-5,8-9,12-13H,3,6-7,10-11H2,1H3,(H2,23,24,25,26,28). The molecule has 0 radical (unpaired) electrons. The number of rotatable bonds is 4. The predicted molar refractivity (Wildman–Crippen MR) is 107 cm³/mol. The van der Waals surface area contributed by atoms with Crippen molar-refractivity contribution in [2.45, 2.75) is 38.4 Å². The van der Waals surface area contributed by atoms with Gasteiger partial charge in [-0.1, -0.05) is 30.3 Å². The van der Waals surface area contributed by atoms with Crippen LogP contribution in [0.3, 0.4) is 0 Å². The highest BCUT2D eigenvalue weighted by Crippen LogP contribution is 2.31. The number of anilines is 2. The zero-order valence-electron chi connectivity index (χ0n) is 15.5. The molecule has 9 heteroatoms. The van der Waals surface area contributed by atoms with Crippen LogP contribution in [0.5, 0.6) is 0 Å². The van der Waals surface area contributed by atoms with Crippen LogP contribution in [0.1, 0.15) is 43.5 Å². The first kappa shape index (κ1) is 20.3. The molecule has 5 nitrogen and oxygen atoms in total. The van der Waals surface area contributed by atoms with Crippen LogP contribution >= 0.6 is 12.2 Å². The minimum atomic E-state index is -4.56. The lowest BCUT2D eigenvalue weighted by molar-refractivity contribution is -0.141. The molecular weight excluding hydrogens is 387 g/mol. The van der Waals surface area contributed by atoms with Crippen molar-refractivity contribution in [3.05, 3.63) is 47.7 Å². The lowest BCUT2D eigenvalue weighted by Crippen LogP contribution is -2.33. The zero-order chi connectivity index (χ0) is 20.1. The summed E-state index contributed by atoms with van der Waals surface area (Å²) in [5.74, 6) is 0.108. The molecule has 0 aliphatic carbocycles. The number of benzene rings is 1. The number of piperidine rings is 1. The summed E-state index contributed by atoms with van der Waals surface area (Å²) in [6.07, 6.45) is -1.62. The third-order valence-electron chi connectivity index (χ3n) is 4.56. The van der Waals surface area contributed by atoms with Gasteiger partial charge < -0.3 is 15.5 Å². The van der Waals surface area contributed by atoms with Gasteiger partial charge in [0.15, 0.2) is 10.8 Å². The molecular formula is C19H22F3N5S. The quantitative estimate of drug-likeness (QED) is 0.724. The van der Waals surface area contributed by atoms with Gasteiger partial charge in [0.1, 0.15) is 5.82 Å². The highest BCUT2D eigenvalue weighted by Gasteiger charge is 2.34. The van der Waals surface area contributed by atoms with Gasteiger partial charge in [0.2, 0.25) is 5.95 Å². The van der Waals surface area contributed by atoms with E-state index >= 15 is 0 Å². The Morgan fingerprint density at radius 2 is 1.79 bits per heavy atom. The van der Waals surface area contributed by atoms with Crippen molar-refractivity contribution >= 4 is 29.1 Å². The summed E-state index contributed by atoms with van der Waals surface area (Å²) >= 11 is 5.25. The summed E-state index contributed by atoms with van der Waals surface area (Å²) in [4.78, 5) is 9.74. The normalized spacial score (nSPS) is 15.8. The Labute approximate surface area is 167 Å². The van der Waals surface area contributed by atoms with Crippen molar-refractivity contribution in [2.75, 3.05) is 23.3 Å². The van der Waals surface area contributed by atoms with Crippen LogP contribution < -0.4 is 15.5 Å². The molecule has 1 aromatic carbocycles. The van der Waals surface area contributed by atoms with Crippen LogP contribution in [0.4, 0.5) is 24.9 Å². The fraction of sp³-hybridized carbons (Fsp3) is 0.421. The van der Waals surface area contributed by atoms with E-state index < -0.39 is 11.9 Å². The van der Waals surface area contributed by atoms with E-state index in [4.69, 9.17) is 12.2 Å². The molecule has 3 rings (SSSR count). The highest BCUT2D eigenvalue weighted by molar-refractivity contribution is 7.80. The largest absolute Gasteiger partial charge is 0.433 e. The third kappa shape index (κ3) is 5.31. The van der Waals surface area contributed by atoms with E-state index in [2.05, 4.69) is 20.6 Å². The van der Waals surface area contributed by atoms with Crippen molar-refractivity contribution in [3.8, 4) is 0 Å². The van der Waals surface area contributed by atoms with E-state index in [1.165, 1.54) is 0 Å². The summed E-state index contributed by atoms with van der Waals surface area (Å²) in [6.45, 7) is 3.28. The average molecular weight is 409 g/mol. The summed E-state index contributed by atoms with van der Waals surface area (Å²) in [6, 6.07) is 10.5. The average Bonchev–Trinajstić information content (AvgIpc) is 2.68. The molecule has 1 fully saturated rings. The number of halogens is 3. The Bertz CT molecular complexity index is 807. The second-order valence-electron chi connectivity index (χ2n) is 6.71. The molecule has 2 N–H and O–H groups in total. The molecule has 1 aromatic heterocycles. The van der Waals surface area contributed by atoms with Gasteiger partial charge in [0.05, 0.1) is 6.04 Å². The third-order valence-corrected chi connectivity index (χ3v) is 4.78. The number of aromatic nitrogens is 2. The molecule has 2 aromatic rings. The van der Waals surface area contributed by atoms with Crippen LogP contribution in [-0.2, 0) is 6.18 Å². The monoisotopic (exact) mass is 409 g/mol. The maximum Gasteiger partial charge on any atom is 0.433 e. The number of hydrogen-bond donors (Lipinski definition) is 2. The van der Waals surface area contributed by atoms with Crippen LogP contribution in [0, 0.1) is 0 Å². The maximum absolute atomic E-state index is 13.3. The first-order chi connectivity index (χ1) is 13.3. The van der Waals surface area contributed by atoms with Crippen molar-refractivity contribution in [3.63, 3.8) is 0 Å². The number of thiocarbonyl (C=S) groups is 1. The second kappa shape index (κ2) is 8.72. The maximum atomic E-state index is 13.3. The van der Waals surface area contributed by atoms with Crippen molar-refractivity contribution in [1.82, 2.24) is 15.3 Å². The topological polar surface area (TPSA) is 53.1 Å². The van der Waals surface area contributed by atoms with Gasteiger partial charge in [-0.05, 0) is 44.0 Å². The molecule has 1 atom stereocenters. The molecule has 1 saturated heterocycles. The summed E-state index contributed by atoms with van der Waals surface area (Å²) in [5.41, 5.74) is 0.0232. The van der Waals surface area contributed by atoms with Gasteiger partial charge in [-0.3, -0.25) is 0 Å². The van der Waals surface area contributed by atoms with Gasteiger partial charge in [-0.25, -0.2) is 4.98 Å². The Morgan fingerprint density at radius 1 is 1.11 bits per heavy atom. The van der Waals surface area contributed by atoms with E-state index in [1.54, 1.807) is 0 Å². The smallest absolute Gasteiger partial charge is 0.356 e. The number of hydrogen-bond acceptors (Lipinski definition) is 4. The molecule has 1 aliphatic rings. The molecule has 28 heavy (non-hydrogen) atoms. The summed E-state index contributed by atoms with van der Waals surface area (Å²) in [7, 11) is 0. The number of nitrogens with zero attached hydrogens (tertiary/aromatic N) is 3. The van der Waals surface area contributed by atoms with Gasteiger partial charge in [0.25, 0.3) is 0 Å². The molecule has 150 valence electrons. The first-order valence-corrected chi connectivity index (χ1v) is 9.57. The zero-order valence-corrected chi connectivity index (χ0v) is 16.3. The highest BCUT2D eigenvalue weighted by atomic mass is 32.1. The van der Waals surface area contributed by atoms with Crippen LogP contribution in [0.15, 0.2) is 36.4 Å². The van der Waals surface area contributed by atoms with Gasteiger partial charge in [-0.15, -0.1) is 0 Å². The molecule has 0 spiro atoms. The van der Waals surface area contributed by atoms with Gasteiger partial charge in [0, 0.05) is 19.2 Å². The first-order valence-electron chi connectivity index (χ1n) is 9.16. The van der Waals surface area contributed by atoms with Gasteiger partial charge >= 0.3 is 6.18 Å². The molecule has 0 bridgehead atoms. The molecule has 0 saturated carbocycles. The van der Waals surface area contributed by atoms with Crippen LogP contribution in [0.2, 0.25) is 0 Å². The van der Waals surface area contributed by atoms with Crippen molar-refractivity contribution < 1.29 is 13.2 Å². The lowest BCUT2D eigenvalue weighted by Gasteiger charge is -2.28.